The van der Waals surface area contributed by atoms with E-state index in [1.807, 2.05) is 0 Å². The molecule has 0 radical (unpaired) electrons. The lowest BCUT2D eigenvalue weighted by molar-refractivity contribution is -0.120. The molecule has 2 amide bonds. The van der Waals surface area contributed by atoms with Crippen LogP contribution in [0.4, 0.5) is 4.39 Å². The summed E-state index contributed by atoms with van der Waals surface area (Å²) in [4.78, 5) is 22.9. The molecule has 1 unspecified atom stereocenters. The lowest BCUT2D eigenvalue weighted by Crippen LogP contribution is -2.39. The zero-order valence-electron chi connectivity index (χ0n) is 10.6. The Balaban J connectivity index is 2.36. The van der Waals surface area contributed by atoms with Crippen LogP contribution in [0.2, 0.25) is 0 Å². The Hall–Kier alpha value is -1.95. The Morgan fingerprint density at radius 3 is 2.74 bits per heavy atom. The van der Waals surface area contributed by atoms with Gasteiger partial charge in [0.15, 0.2) is 0 Å². The molecule has 0 spiro atoms. The van der Waals surface area contributed by atoms with Crippen molar-refractivity contribution in [3.63, 3.8) is 0 Å². The number of carbonyl (C=O) groups excluding carboxylic acids is 2. The van der Waals surface area contributed by atoms with Gasteiger partial charge in [0.2, 0.25) is 5.91 Å². The van der Waals surface area contributed by atoms with E-state index in [0.717, 1.165) is 6.07 Å². The topological polar surface area (TPSA) is 78.4 Å². The van der Waals surface area contributed by atoms with Gasteiger partial charge >= 0.3 is 0 Å². The minimum atomic E-state index is -0.595. The minimum absolute atomic E-state index is 0.144. The van der Waals surface area contributed by atoms with Crippen LogP contribution in [-0.4, -0.2) is 36.1 Å². The predicted octanol–water partition coefficient (Wildman–Crippen LogP) is 0.443. The van der Waals surface area contributed by atoms with Crippen molar-refractivity contribution in [3.8, 4) is 0 Å². The van der Waals surface area contributed by atoms with E-state index >= 15 is 0 Å². The summed E-state index contributed by atoms with van der Waals surface area (Å²) in [5, 5.41) is 14.1. The normalized spacial score (nSPS) is 11.7. The van der Waals surface area contributed by atoms with Crippen molar-refractivity contribution in [2.24, 2.45) is 0 Å². The van der Waals surface area contributed by atoms with Crippen LogP contribution in [0.25, 0.3) is 0 Å². The van der Waals surface area contributed by atoms with Crippen molar-refractivity contribution in [2.45, 2.75) is 19.4 Å². The lowest BCUT2D eigenvalue weighted by Gasteiger charge is -2.10. The van der Waals surface area contributed by atoms with Gasteiger partial charge in [-0.3, -0.25) is 9.59 Å². The third-order valence-electron chi connectivity index (χ3n) is 2.50. The standard InChI is InChI=1S/C13H17FN2O3/c1-2-11(17)7-15-12(18)8-16-13(19)9-4-3-5-10(14)6-9/h3-6,11,17H,2,7-8H2,1H3,(H,15,18)(H,16,19). The first-order valence-corrected chi connectivity index (χ1v) is 6.01. The van der Waals surface area contributed by atoms with Gasteiger partial charge in [-0.05, 0) is 24.6 Å². The number of nitrogens with one attached hydrogen (secondary N) is 2. The largest absolute Gasteiger partial charge is 0.391 e. The Morgan fingerprint density at radius 2 is 2.11 bits per heavy atom. The van der Waals surface area contributed by atoms with E-state index in [0.29, 0.717) is 6.42 Å². The van der Waals surface area contributed by atoms with Crippen LogP contribution < -0.4 is 10.6 Å². The van der Waals surface area contributed by atoms with Gasteiger partial charge in [-0.25, -0.2) is 4.39 Å². The number of carbonyl (C=O) groups is 2. The smallest absolute Gasteiger partial charge is 0.251 e. The van der Waals surface area contributed by atoms with Gasteiger partial charge in [-0.1, -0.05) is 13.0 Å². The van der Waals surface area contributed by atoms with Crippen molar-refractivity contribution in [1.29, 1.82) is 0 Å². The van der Waals surface area contributed by atoms with Gasteiger partial charge in [-0.15, -0.1) is 0 Å². The molecule has 1 atom stereocenters. The highest BCUT2D eigenvalue weighted by molar-refractivity contribution is 5.96. The first-order chi connectivity index (χ1) is 9.02. The number of aliphatic hydroxyl groups excluding tert-OH is 1. The second kappa shape index (κ2) is 7.48. The third-order valence-corrected chi connectivity index (χ3v) is 2.50. The zero-order chi connectivity index (χ0) is 14.3. The Labute approximate surface area is 110 Å². The van der Waals surface area contributed by atoms with Crippen LogP contribution in [0.1, 0.15) is 23.7 Å². The summed E-state index contributed by atoms with van der Waals surface area (Å²) in [6, 6.07) is 5.20. The lowest BCUT2D eigenvalue weighted by atomic mass is 10.2. The van der Waals surface area contributed by atoms with Crippen LogP contribution >= 0.6 is 0 Å². The predicted molar refractivity (Wildman–Crippen MR) is 68.0 cm³/mol. The number of amides is 2. The molecule has 0 saturated heterocycles. The van der Waals surface area contributed by atoms with Gasteiger partial charge in [0.25, 0.3) is 5.91 Å². The summed E-state index contributed by atoms with van der Waals surface area (Å²) in [6.45, 7) is 1.72. The molecule has 19 heavy (non-hydrogen) atoms. The fourth-order valence-corrected chi connectivity index (χ4v) is 1.33. The zero-order valence-corrected chi connectivity index (χ0v) is 10.6. The molecule has 0 aliphatic rings. The Bertz CT molecular complexity index is 451. The van der Waals surface area contributed by atoms with E-state index in [1.54, 1.807) is 6.92 Å². The Kier molecular flexibility index (Phi) is 5.95. The summed E-state index contributed by atoms with van der Waals surface area (Å²) in [5.41, 5.74) is 0.154. The first-order valence-electron chi connectivity index (χ1n) is 6.01. The van der Waals surface area contributed by atoms with Gasteiger partial charge in [0, 0.05) is 12.1 Å². The fourth-order valence-electron chi connectivity index (χ4n) is 1.33. The average Bonchev–Trinajstić information content (AvgIpc) is 2.41. The molecule has 0 aliphatic heterocycles. The molecular weight excluding hydrogens is 251 g/mol. The highest BCUT2D eigenvalue weighted by Crippen LogP contribution is 2.02. The fraction of sp³-hybridized carbons (Fsp3) is 0.385. The van der Waals surface area contributed by atoms with Crippen LogP contribution in [0.15, 0.2) is 24.3 Å². The second-order valence-electron chi connectivity index (χ2n) is 4.06. The summed E-state index contributed by atoms with van der Waals surface area (Å²) in [7, 11) is 0. The summed E-state index contributed by atoms with van der Waals surface area (Å²) in [5.74, 6) is -1.44. The molecular formula is C13H17FN2O3. The van der Waals surface area contributed by atoms with Crippen LogP contribution in [-0.2, 0) is 4.79 Å². The molecule has 0 bridgehead atoms. The number of benzene rings is 1. The average molecular weight is 268 g/mol. The quantitative estimate of drug-likeness (QED) is 0.700. The second-order valence-corrected chi connectivity index (χ2v) is 4.06. The maximum atomic E-state index is 12.9. The van der Waals surface area contributed by atoms with Crippen LogP contribution in [0.3, 0.4) is 0 Å². The van der Waals surface area contributed by atoms with Crippen molar-refractivity contribution in [1.82, 2.24) is 10.6 Å². The highest BCUT2D eigenvalue weighted by Gasteiger charge is 2.09. The maximum Gasteiger partial charge on any atom is 0.251 e. The molecule has 0 fully saturated rings. The maximum absolute atomic E-state index is 12.9. The molecule has 0 saturated carbocycles. The van der Waals surface area contributed by atoms with E-state index in [-0.39, 0.29) is 18.7 Å². The Morgan fingerprint density at radius 1 is 1.37 bits per heavy atom. The van der Waals surface area contributed by atoms with E-state index in [1.165, 1.54) is 18.2 Å². The van der Waals surface area contributed by atoms with Crippen molar-refractivity contribution < 1.29 is 19.1 Å². The van der Waals surface area contributed by atoms with Crippen molar-refractivity contribution in [2.75, 3.05) is 13.1 Å². The molecule has 5 nitrogen and oxygen atoms in total. The molecule has 0 aliphatic carbocycles. The number of rotatable bonds is 6. The van der Waals surface area contributed by atoms with E-state index in [2.05, 4.69) is 10.6 Å². The molecule has 104 valence electrons. The van der Waals surface area contributed by atoms with Gasteiger partial charge < -0.3 is 15.7 Å². The van der Waals surface area contributed by atoms with Gasteiger partial charge in [-0.2, -0.15) is 0 Å². The molecule has 1 aromatic rings. The van der Waals surface area contributed by atoms with Gasteiger partial charge in [0.05, 0.1) is 12.6 Å². The first kappa shape index (κ1) is 15.1. The molecule has 6 heteroatoms. The SMILES string of the molecule is CCC(O)CNC(=O)CNC(=O)c1cccc(F)c1. The molecule has 1 rings (SSSR count). The summed E-state index contributed by atoms with van der Waals surface area (Å²) in [6.07, 6.45) is -0.0569. The number of hydrogen-bond acceptors (Lipinski definition) is 3. The minimum Gasteiger partial charge on any atom is -0.391 e. The molecule has 3 N–H and O–H groups in total. The van der Waals surface area contributed by atoms with E-state index in [9.17, 15) is 19.1 Å². The summed E-state index contributed by atoms with van der Waals surface area (Å²) >= 11 is 0. The molecule has 1 aromatic carbocycles. The third kappa shape index (κ3) is 5.48. The number of halogens is 1. The van der Waals surface area contributed by atoms with E-state index in [4.69, 9.17) is 0 Å². The number of aliphatic hydroxyl groups is 1. The van der Waals surface area contributed by atoms with Gasteiger partial charge in [0.1, 0.15) is 5.82 Å². The van der Waals surface area contributed by atoms with Crippen molar-refractivity contribution in [3.05, 3.63) is 35.6 Å². The van der Waals surface area contributed by atoms with Crippen LogP contribution in [0, 0.1) is 5.82 Å². The highest BCUT2D eigenvalue weighted by atomic mass is 19.1. The molecule has 0 heterocycles. The monoisotopic (exact) mass is 268 g/mol. The van der Waals surface area contributed by atoms with E-state index < -0.39 is 23.7 Å². The summed E-state index contributed by atoms with van der Waals surface area (Å²) < 4.78 is 12.9. The molecule has 0 aromatic heterocycles. The van der Waals surface area contributed by atoms with Crippen LogP contribution in [0.5, 0.6) is 0 Å². The number of hydrogen-bond donors (Lipinski definition) is 3. The van der Waals surface area contributed by atoms with Crippen molar-refractivity contribution >= 4 is 11.8 Å².